The Balaban J connectivity index is 2.03. The van der Waals surface area contributed by atoms with Crippen LogP contribution in [0.5, 0.6) is 0 Å². The average Bonchev–Trinajstić information content (AvgIpc) is 2.73. The van der Waals surface area contributed by atoms with Gasteiger partial charge in [-0.15, -0.1) is 0 Å². The Kier molecular flexibility index (Phi) is 4.05. The lowest BCUT2D eigenvalue weighted by atomic mass is 9.70. The first-order chi connectivity index (χ1) is 10.8. The summed E-state index contributed by atoms with van der Waals surface area (Å²) in [6.45, 7) is 8.23. The van der Waals surface area contributed by atoms with Gasteiger partial charge in [-0.2, -0.15) is 0 Å². The lowest BCUT2D eigenvalue weighted by Crippen LogP contribution is -2.41. The van der Waals surface area contributed by atoms with E-state index in [2.05, 4.69) is 27.7 Å². The molecule has 0 spiro atoms. The van der Waals surface area contributed by atoms with E-state index in [1.807, 2.05) is 12.1 Å². The molecule has 0 atom stereocenters. The van der Waals surface area contributed by atoms with E-state index in [-0.39, 0.29) is 24.3 Å². The molecule has 0 N–H and O–H groups in total. The molecule has 1 aliphatic heterocycles. The fraction of sp³-hybridized carbons (Fsp3) is 0.611. The fourth-order valence-corrected chi connectivity index (χ4v) is 3.39. The van der Waals surface area contributed by atoms with E-state index in [0.717, 1.165) is 36.7 Å². The molecule has 1 aromatic rings. The lowest BCUT2D eigenvalue weighted by Gasteiger charge is -2.32. The Bertz CT molecular complexity index is 620. The molecule has 2 aliphatic rings. The summed E-state index contributed by atoms with van der Waals surface area (Å²) in [6, 6.07) is 3.83. The quantitative estimate of drug-likeness (QED) is 0.621. The van der Waals surface area contributed by atoms with Crippen molar-refractivity contribution in [3.05, 3.63) is 28.8 Å². The predicted octanol–water partition coefficient (Wildman–Crippen LogP) is 2.65. The smallest absolute Gasteiger partial charge is 0.465 e. The summed E-state index contributed by atoms with van der Waals surface area (Å²) in [7, 11) is 1.05. The Labute approximate surface area is 138 Å². The first kappa shape index (κ1) is 16.5. The molecule has 0 amide bonds. The molecule has 0 aromatic heterocycles. The number of hydrogen-bond acceptors (Lipinski definition) is 4. The van der Waals surface area contributed by atoms with Crippen LogP contribution in [0.4, 0.5) is 0 Å². The van der Waals surface area contributed by atoms with E-state index >= 15 is 0 Å². The molecule has 4 nitrogen and oxygen atoms in total. The van der Waals surface area contributed by atoms with Gasteiger partial charge in [0.05, 0.1) is 23.9 Å². The van der Waals surface area contributed by atoms with Crippen LogP contribution in [0.2, 0.25) is 0 Å². The Morgan fingerprint density at radius 2 is 1.61 bits per heavy atom. The Morgan fingerprint density at radius 1 is 1.04 bits per heavy atom. The number of hydrogen-bond donors (Lipinski definition) is 0. The van der Waals surface area contributed by atoms with Crippen LogP contribution >= 0.6 is 0 Å². The van der Waals surface area contributed by atoms with Crippen LogP contribution in [-0.4, -0.2) is 31.4 Å². The number of carbonyl (C=O) groups excluding carboxylic acids is 1. The van der Waals surface area contributed by atoms with Gasteiger partial charge in [0.15, 0.2) is 0 Å². The molecule has 0 bridgehead atoms. The van der Waals surface area contributed by atoms with Gasteiger partial charge in [0, 0.05) is 0 Å². The molecular weight excluding hydrogens is 291 g/mol. The van der Waals surface area contributed by atoms with Gasteiger partial charge in [-0.1, -0.05) is 6.07 Å². The maximum atomic E-state index is 12.0. The van der Waals surface area contributed by atoms with Crippen molar-refractivity contribution in [1.29, 1.82) is 0 Å². The van der Waals surface area contributed by atoms with Crippen molar-refractivity contribution in [2.75, 3.05) is 7.11 Å². The van der Waals surface area contributed by atoms with Gasteiger partial charge in [-0.3, -0.25) is 0 Å². The number of carbonyl (C=O) groups is 1. The van der Waals surface area contributed by atoms with Crippen molar-refractivity contribution < 1.29 is 18.8 Å². The summed E-state index contributed by atoms with van der Waals surface area (Å²) in [6.07, 6.45) is 4.10. The van der Waals surface area contributed by atoms with Gasteiger partial charge >= 0.3 is 13.1 Å². The van der Waals surface area contributed by atoms with Crippen LogP contribution in [0.3, 0.4) is 0 Å². The molecule has 0 radical (unpaired) electrons. The summed E-state index contributed by atoms with van der Waals surface area (Å²) in [5.41, 5.74) is 3.34. The molecule has 1 fully saturated rings. The van der Waals surface area contributed by atoms with Crippen molar-refractivity contribution in [3.8, 4) is 0 Å². The van der Waals surface area contributed by atoms with Crippen LogP contribution in [-0.2, 0) is 26.9 Å². The van der Waals surface area contributed by atoms with Crippen molar-refractivity contribution >= 4 is 18.6 Å². The molecule has 0 saturated carbocycles. The van der Waals surface area contributed by atoms with Gasteiger partial charge in [0.1, 0.15) is 0 Å². The fourth-order valence-electron chi connectivity index (χ4n) is 3.39. The highest BCUT2D eigenvalue weighted by Crippen LogP contribution is 2.37. The van der Waals surface area contributed by atoms with E-state index in [9.17, 15) is 4.79 Å². The molecule has 3 rings (SSSR count). The standard InChI is InChI=1S/C18H25BO4/c1-17(2)18(3,4)23-19(22-17)15-11-10-14(16(20)21-5)12-8-6-7-9-13(12)15/h10-11H,6-9H2,1-5H3. The van der Waals surface area contributed by atoms with E-state index < -0.39 is 0 Å². The van der Waals surface area contributed by atoms with Crippen LogP contribution in [0.1, 0.15) is 62.0 Å². The highest BCUT2D eigenvalue weighted by atomic mass is 16.7. The van der Waals surface area contributed by atoms with E-state index in [1.165, 1.54) is 12.7 Å². The van der Waals surface area contributed by atoms with Crippen LogP contribution in [0.25, 0.3) is 0 Å². The summed E-state index contributed by atoms with van der Waals surface area (Å²) < 4.78 is 17.3. The van der Waals surface area contributed by atoms with Crippen LogP contribution in [0, 0.1) is 0 Å². The first-order valence-corrected chi connectivity index (χ1v) is 8.35. The lowest BCUT2D eigenvalue weighted by molar-refractivity contribution is 0.00578. The minimum atomic E-state index is -0.376. The molecule has 23 heavy (non-hydrogen) atoms. The highest BCUT2D eigenvalue weighted by molar-refractivity contribution is 6.62. The van der Waals surface area contributed by atoms with Crippen molar-refractivity contribution in [1.82, 2.24) is 0 Å². The number of rotatable bonds is 2. The molecule has 1 aromatic carbocycles. The van der Waals surface area contributed by atoms with Crippen molar-refractivity contribution in [2.45, 2.75) is 64.6 Å². The monoisotopic (exact) mass is 316 g/mol. The maximum Gasteiger partial charge on any atom is 0.495 e. The van der Waals surface area contributed by atoms with Crippen molar-refractivity contribution in [3.63, 3.8) is 0 Å². The minimum absolute atomic E-state index is 0.261. The largest absolute Gasteiger partial charge is 0.495 e. The number of benzene rings is 1. The predicted molar refractivity (Wildman–Crippen MR) is 90.1 cm³/mol. The Morgan fingerprint density at radius 3 is 2.17 bits per heavy atom. The zero-order chi connectivity index (χ0) is 16.8. The SMILES string of the molecule is COC(=O)c1ccc(B2OC(C)(C)C(C)(C)O2)c2c1CCCC2. The van der Waals surface area contributed by atoms with Crippen LogP contribution < -0.4 is 5.46 Å². The second kappa shape index (κ2) is 5.64. The zero-order valence-corrected chi connectivity index (χ0v) is 14.7. The van der Waals surface area contributed by atoms with Gasteiger partial charge in [0.25, 0.3) is 0 Å². The molecule has 124 valence electrons. The molecule has 5 heteroatoms. The number of ether oxygens (including phenoxy) is 1. The minimum Gasteiger partial charge on any atom is -0.465 e. The van der Waals surface area contributed by atoms with E-state index in [1.54, 1.807) is 0 Å². The summed E-state index contributed by atoms with van der Waals surface area (Å²) >= 11 is 0. The van der Waals surface area contributed by atoms with Gasteiger partial charge in [0.2, 0.25) is 0 Å². The van der Waals surface area contributed by atoms with E-state index in [4.69, 9.17) is 14.0 Å². The average molecular weight is 316 g/mol. The third-order valence-electron chi connectivity index (χ3n) is 5.48. The van der Waals surface area contributed by atoms with Gasteiger partial charge in [-0.05, 0) is 76.0 Å². The normalized spacial score (nSPS) is 21.9. The van der Waals surface area contributed by atoms with Crippen LogP contribution in [0.15, 0.2) is 12.1 Å². The zero-order valence-electron chi connectivity index (χ0n) is 14.7. The Hall–Kier alpha value is -1.33. The highest BCUT2D eigenvalue weighted by Gasteiger charge is 2.52. The molecule has 1 saturated heterocycles. The number of fused-ring (bicyclic) bond motifs is 1. The first-order valence-electron chi connectivity index (χ1n) is 8.35. The topological polar surface area (TPSA) is 44.8 Å². The third-order valence-corrected chi connectivity index (χ3v) is 5.48. The second-order valence-corrected chi connectivity index (χ2v) is 7.45. The summed E-state index contributed by atoms with van der Waals surface area (Å²) in [5, 5.41) is 0. The molecule has 1 heterocycles. The van der Waals surface area contributed by atoms with Crippen molar-refractivity contribution in [2.24, 2.45) is 0 Å². The maximum absolute atomic E-state index is 12.0. The van der Waals surface area contributed by atoms with Gasteiger partial charge in [-0.25, -0.2) is 4.79 Å². The second-order valence-electron chi connectivity index (χ2n) is 7.45. The molecular formula is C18H25BO4. The third kappa shape index (κ3) is 2.70. The molecule has 1 aliphatic carbocycles. The summed E-state index contributed by atoms with van der Waals surface area (Å²) in [5.74, 6) is -0.261. The summed E-state index contributed by atoms with van der Waals surface area (Å²) in [4.78, 5) is 12.0. The molecule has 0 unspecified atom stereocenters. The van der Waals surface area contributed by atoms with Gasteiger partial charge < -0.3 is 14.0 Å². The number of esters is 1. The number of methoxy groups -OCH3 is 1. The van der Waals surface area contributed by atoms with E-state index in [0.29, 0.717) is 5.56 Å².